The highest BCUT2D eigenvalue weighted by atomic mass is 16.5. The quantitative estimate of drug-likeness (QED) is 0.888. The molecule has 0 saturated carbocycles. The van der Waals surface area contributed by atoms with Crippen LogP contribution in [-0.4, -0.2) is 6.54 Å². The van der Waals surface area contributed by atoms with Crippen molar-refractivity contribution < 1.29 is 4.74 Å². The molecule has 4 N–H and O–H groups in total. The SMILES string of the molecule is CC(C)(C)c1cccc(C(N)CN)c1OCc1ccccc1. The highest BCUT2D eigenvalue weighted by Gasteiger charge is 2.23. The van der Waals surface area contributed by atoms with Gasteiger partial charge in [-0.15, -0.1) is 0 Å². The number of benzene rings is 2. The lowest BCUT2D eigenvalue weighted by Gasteiger charge is -2.26. The Balaban J connectivity index is 2.37. The zero-order valence-corrected chi connectivity index (χ0v) is 13.7. The van der Waals surface area contributed by atoms with Gasteiger partial charge in [-0.05, 0) is 16.5 Å². The van der Waals surface area contributed by atoms with Crippen LogP contribution in [0.3, 0.4) is 0 Å². The van der Waals surface area contributed by atoms with E-state index in [0.29, 0.717) is 13.2 Å². The fourth-order valence-corrected chi connectivity index (χ4v) is 2.46. The molecule has 2 aromatic rings. The molecule has 0 aliphatic rings. The number of nitrogens with two attached hydrogens (primary N) is 2. The molecule has 1 unspecified atom stereocenters. The molecule has 0 amide bonds. The molecule has 0 aliphatic heterocycles. The third-order valence-corrected chi connectivity index (χ3v) is 3.73. The predicted octanol–water partition coefficient (Wildman–Crippen LogP) is 3.52. The molecular formula is C19H26N2O. The van der Waals surface area contributed by atoms with Crippen molar-refractivity contribution in [1.82, 2.24) is 0 Å². The molecule has 0 radical (unpaired) electrons. The second kappa shape index (κ2) is 6.95. The minimum absolute atomic E-state index is 0.0175. The van der Waals surface area contributed by atoms with Gasteiger partial charge in [0.1, 0.15) is 12.4 Å². The van der Waals surface area contributed by atoms with Crippen LogP contribution >= 0.6 is 0 Å². The van der Waals surface area contributed by atoms with Crippen LogP contribution in [0.1, 0.15) is 43.5 Å². The minimum Gasteiger partial charge on any atom is -0.488 e. The van der Waals surface area contributed by atoms with Gasteiger partial charge in [-0.25, -0.2) is 0 Å². The van der Waals surface area contributed by atoms with Crippen LogP contribution in [-0.2, 0) is 12.0 Å². The van der Waals surface area contributed by atoms with Crippen LogP contribution in [0.2, 0.25) is 0 Å². The van der Waals surface area contributed by atoms with E-state index in [4.69, 9.17) is 16.2 Å². The van der Waals surface area contributed by atoms with E-state index in [9.17, 15) is 0 Å². The predicted molar refractivity (Wildman–Crippen MR) is 91.9 cm³/mol. The molecule has 3 heteroatoms. The summed E-state index contributed by atoms with van der Waals surface area (Å²) in [6, 6.07) is 16.1. The maximum Gasteiger partial charge on any atom is 0.128 e. The Morgan fingerprint density at radius 2 is 1.68 bits per heavy atom. The highest BCUT2D eigenvalue weighted by Crippen LogP contribution is 2.36. The Morgan fingerprint density at radius 1 is 1.00 bits per heavy atom. The average molecular weight is 298 g/mol. The van der Waals surface area contributed by atoms with Crippen molar-refractivity contribution in [2.24, 2.45) is 11.5 Å². The van der Waals surface area contributed by atoms with E-state index in [1.165, 1.54) is 0 Å². The van der Waals surface area contributed by atoms with Crippen molar-refractivity contribution in [1.29, 1.82) is 0 Å². The number of ether oxygens (including phenoxy) is 1. The largest absolute Gasteiger partial charge is 0.488 e. The molecule has 0 saturated heterocycles. The average Bonchev–Trinajstić information content (AvgIpc) is 2.52. The Kier molecular flexibility index (Phi) is 5.22. The van der Waals surface area contributed by atoms with Crippen molar-refractivity contribution in [3.8, 4) is 5.75 Å². The van der Waals surface area contributed by atoms with Crippen LogP contribution < -0.4 is 16.2 Å². The Bertz CT molecular complexity index is 603. The van der Waals surface area contributed by atoms with Crippen LogP contribution in [0, 0.1) is 0 Å². The molecule has 2 rings (SSSR count). The molecule has 3 nitrogen and oxygen atoms in total. The zero-order valence-electron chi connectivity index (χ0n) is 13.7. The van der Waals surface area contributed by atoms with Crippen molar-refractivity contribution in [2.45, 2.75) is 38.8 Å². The van der Waals surface area contributed by atoms with Crippen molar-refractivity contribution in [2.75, 3.05) is 6.54 Å². The molecule has 0 fully saturated rings. The fourth-order valence-electron chi connectivity index (χ4n) is 2.46. The Labute approximate surface area is 133 Å². The van der Waals surface area contributed by atoms with Gasteiger partial charge < -0.3 is 16.2 Å². The summed E-state index contributed by atoms with van der Waals surface area (Å²) in [7, 11) is 0. The third-order valence-electron chi connectivity index (χ3n) is 3.73. The van der Waals surface area contributed by atoms with Gasteiger partial charge in [-0.1, -0.05) is 69.3 Å². The Hall–Kier alpha value is -1.84. The van der Waals surface area contributed by atoms with E-state index in [1.54, 1.807) is 0 Å². The molecule has 0 bridgehead atoms. The second-order valence-electron chi connectivity index (χ2n) is 6.59. The normalized spacial score (nSPS) is 13.0. The summed E-state index contributed by atoms with van der Waals surface area (Å²) in [6.07, 6.45) is 0. The molecular weight excluding hydrogens is 272 g/mol. The first-order valence-corrected chi connectivity index (χ1v) is 7.69. The summed E-state index contributed by atoms with van der Waals surface area (Å²) >= 11 is 0. The first-order chi connectivity index (χ1) is 10.4. The second-order valence-corrected chi connectivity index (χ2v) is 6.59. The number of hydrogen-bond acceptors (Lipinski definition) is 3. The van der Waals surface area contributed by atoms with Crippen LogP contribution in [0.5, 0.6) is 5.75 Å². The minimum atomic E-state index is -0.215. The molecule has 0 heterocycles. The Morgan fingerprint density at radius 3 is 2.27 bits per heavy atom. The van der Waals surface area contributed by atoms with Crippen LogP contribution in [0.15, 0.2) is 48.5 Å². The van der Waals surface area contributed by atoms with E-state index in [1.807, 2.05) is 30.3 Å². The summed E-state index contributed by atoms with van der Waals surface area (Å²) in [5, 5.41) is 0. The molecule has 118 valence electrons. The highest BCUT2D eigenvalue weighted by molar-refractivity contribution is 5.47. The molecule has 0 aromatic heterocycles. The lowest BCUT2D eigenvalue weighted by Crippen LogP contribution is -2.23. The van der Waals surface area contributed by atoms with E-state index in [-0.39, 0.29) is 11.5 Å². The zero-order chi connectivity index (χ0) is 16.2. The summed E-state index contributed by atoms with van der Waals surface area (Å²) in [5.41, 5.74) is 15.2. The lowest BCUT2D eigenvalue weighted by atomic mass is 9.84. The van der Waals surface area contributed by atoms with Gasteiger partial charge in [0, 0.05) is 18.2 Å². The number of para-hydroxylation sites is 1. The lowest BCUT2D eigenvalue weighted by molar-refractivity contribution is 0.292. The van der Waals surface area contributed by atoms with Crippen molar-refractivity contribution in [3.63, 3.8) is 0 Å². The fraction of sp³-hybridized carbons (Fsp3) is 0.368. The van der Waals surface area contributed by atoms with E-state index in [0.717, 1.165) is 22.4 Å². The van der Waals surface area contributed by atoms with Gasteiger partial charge in [-0.3, -0.25) is 0 Å². The maximum absolute atomic E-state index is 6.17. The summed E-state index contributed by atoms with van der Waals surface area (Å²) in [5.74, 6) is 0.872. The molecule has 2 aromatic carbocycles. The van der Waals surface area contributed by atoms with Crippen LogP contribution in [0.4, 0.5) is 0 Å². The number of hydrogen-bond donors (Lipinski definition) is 2. The summed E-state index contributed by atoms with van der Waals surface area (Å²) in [6.45, 7) is 7.45. The van der Waals surface area contributed by atoms with E-state index < -0.39 is 0 Å². The smallest absolute Gasteiger partial charge is 0.128 e. The topological polar surface area (TPSA) is 61.3 Å². The van der Waals surface area contributed by atoms with Crippen molar-refractivity contribution >= 4 is 0 Å². The maximum atomic E-state index is 6.17. The molecule has 0 spiro atoms. The number of rotatable bonds is 5. The van der Waals surface area contributed by atoms with Gasteiger partial charge in [0.05, 0.1) is 0 Å². The first-order valence-electron chi connectivity index (χ1n) is 7.69. The van der Waals surface area contributed by atoms with Crippen molar-refractivity contribution in [3.05, 3.63) is 65.2 Å². The van der Waals surface area contributed by atoms with Gasteiger partial charge in [0.25, 0.3) is 0 Å². The summed E-state index contributed by atoms with van der Waals surface area (Å²) < 4.78 is 6.17. The van der Waals surface area contributed by atoms with Gasteiger partial charge >= 0.3 is 0 Å². The van der Waals surface area contributed by atoms with Gasteiger partial charge in [0.15, 0.2) is 0 Å². The summed E-state index contributed by atoms with van der Waals surface area (Å²) in [4.78, 5) is 0. The van der Waals surface area contributed by atoms with E-state index >= 15 is 0 Å². The van der Waals surface area contributed by atoms with E-state index in [2.05, 4.69) is 39.0 Å². The third kappa shape index (κ3) is 3.87. The van der Waals surface area contributed by atoms with Gasteiger partial charge in [0.2, 0.25) is 0 Å². The first kappa shape index (κ1) is 16.5. The molecule has 22 heavy (non-hydrogen) atoms. The van der Waals surface area contributed by atoms with Gasteiger partial charge in [-0.2, -0.15) is 0 Å². The molecule has 1 atom stereocenters. The molecule has 0 aliphatic carbocycles. The van der Waals surface area contributed by atoms with Crippen LogP contribution in [0.25, 0.3) is 0 Å². The monoisotopic (exact) mass is 298 g/mol. The standard InChI is InChI=1S/C19H26N2O/c1-19(2,3)16-11-7-10-15(17(21)12-20)18(16)22-13-14-8-5-4-6-9-14/h4-11,17H,12-13,20-21H2,1-3H3.